The first kappa shape index (κ1) is 15.7. The molecule has 6 nitrogen and oxygen atoms in total. The number of urea groups is 1. The first-order valence-corrected chi connectivity index (χ1v) is 7.96. The van der Waals surface area contributed by atoms with E-state index in [1.165, 1.54) is 6.26 Å². The number of carbonyl (C=O) groups excluding carboxylic acids is 3. The third-order valence-corrected chi connectivity index (χ3v) is 4.48. The van der Waals surface area contributed by atoms with Crippen molar-refractivity contribution in [1.29, 1.82) is 0 Å². The number of rotatable bonds is 4. The molecule has 7 heteroatoms. The maximum atomic E-state index is 12.6. The van der Waals surface area contributed by atoms with Crippen molar-refractivity contribution < 1.29 is 18.8 Å². The Bertz CT molecular complexity index is 770. The van der Waals surface area contributed by atoms with Gasteiger partial charge in [0.15, 0.2) is 11.3 Å². The molecule has 3 amide bonds. The number of Topliss-reactive ketones (excluding diaryl/α,β-unsaturated/α-hetero) is 1. The summed E-state index contributed by atoms with van der Waals surface area (Å²) in [5.41, 5.74) is -0.829. The van der Waals surface area contributed by atoms with Crippen LogP contribution in [0.25, 0.3) is 0 Å². The molecule has 0 radical (unpaired) electrons. The Morgan fingerprint density at radius 3 is 2.57 bits per heavy atom. The fourth-order valence-electron chi connectivity index (χ4n) is 2.44. The predicted octanol–water partition coefficient (Wildman–Crippen LogP) is 2.53. The number of nitrogens with one attached hydrogen (secondary N) is 1. The number of carbonyl (C=O) groups is 3. The van der Waals surface area contributed by atoms with Crippen LogP contribution in [0.4, 0.5) is 4.79 Å². The Balaban J connectivity index is 1.81. The van der Waals surface area contributed by atoms with Crippen molar-refractivity contribution in [3.05, 3.63) is 57.6 Å². The van der Waals surface area contributed by atoms with Gasteiger partial charge in [0, 0.05) is 9.13 Å². The number of benzene rings is 1. The maximum Gasteiger partial charge on any atom is 0.325 e. The van der Waals surface area contributed by atoms with Gasteiger partial charge in [-0.2, -0.15) is 0 Å². The van der Waals surface area contributed by atoms with Crippen LogP contribution in [0.1, 0.15) is 23.0 Å². The van der Waals surface area contributed by atoms with E-state index in [1.807, 2.05) is 0 Å². The molecule has 3 rings (SSSR count). The van der Waals surface area contributed by atoms with Gasteiger partial charge in [-0.25, -0.2) is 4.79 Å². The number of hydrogen-bond donors (Lipinski definition) is 1. The summed E-state index contributed by atoms with van der Waals surface area (Å²) >= 11 is 2.14. The number of hydrogen-bond acceptors (Lipinski definition) is 4. The maximum absolute atomic E-state index is 12.6. The topological polar surface area (TPSA) is 79.6 Å². The molecule has 1 aliphatic heterocycles. The Morgan fingerprint density at radius 2 is 1.96 bits per heavy atom. The zero-order chi connectivity index (χ0) is 16.6. The second-order valence-corrected chi connectivity index (χ2v) is 6.60. The minimum Gasteiger partial charge on any atom is -0.466 e. The molecular formula is C16H13IN2O4. The van der Waals surface area contributed by atoms with Gasteiger partial charge in [0.25, 0.3) is 5.91 Å². The molecule has 2 heterocycles. The first-order chi connectivity index (χ1) is 10.9. The van der Waals surface area contributed by atoms with Crippen molar-refractivity contribution >= 4 is 40.3 Å². The fraction of sp³-hybridized carbons (Fsp3) is 0.188. The van der Waals surface area contributed by atoms with Crippen molar-refractivity contribution in [2.45, 2.75) is 12.5 Å². The van der Waals surface area contributed by atoms with Gasteiger partial charge in [-0.15, -0.1) is 0 Å². The smallest absolute Gasteiger partial charge is 0.325 e. The van der Waals surface area contributed by atoms with Gasteiger partial charge in [0.05, 0.1) is 12.8 Å². The lowest BCUT2D eigenvalue weighted by atomic mass is 9.99. The van der Waals surface area contributed by atoms with E-state index in [0.29, 0.717) is 11.3 Å². The lowest BCUT2D eigenvalue weighted by Crippen LogP contribution is -2.41. The van der Waals surface area contributed by atoms with Crippen molar-refractivity contribution in [3.8, 4) is 0 Å². The lowest BCUT2D eigenvalue weighted by Gasteiger charge is -2.18. The standard InChI is InChI=1S/C16H13IN2O4/c1-16(13-3-2-8-23-13)14(21)19(15(22)18-16)9-12(20)10-4-6-11(17)7-5-10/h2-8H,9H2,1H3,(H,18,22). The van der Waals surface area contributed by atoms with E-state index < -0.39 is 17.5 Å². The summed E-state index contributed by atoms with van der Waals surface area (Å²) in [5, 5.41) is 2.59. The van der Waals surface area contributed by atoms with Crippen LogP contribution in [-0.4, -0.2) is 29.2 Å². The van der Waals surface area contributed by atoms with Crippen LogP contribution in [0.2, 0.25) is 0 Å². The monoisotopic (exact) mass is 424 g/mol. The minimum absolute atomic E-state index is 0.298. The van der Waals surface area contributed by atoms with Crippen LogP contribution in [0.3, 0.4) is 0 Å². The highest BCUT2D eigenvalue weighted by Crippen LogP contribution is 2.29. The van der Waals surface area contributed by atoms with E-state index in [-0.39, 0.29) is 12.3 Å². The third kappa shape index (κ3) is 2.76. The second kappa shape index (κ2) is 5.80. The molecule has 1 aromatic heterocycles. The Kier molecular flexibility index (Phi) is 3.97. The second-order valence-electron chi connectivity index (χ2n) is 5.35. The summed E-state index contributed by atoms with van der Waals surface area (Å²) in [7, 11) is 0. The zero-order valence-corrected chi connectivity index (χ0v) is 14.4. The highest BCUT2D eigenvalue weighted by molar-refractivity contribution is 14.1. The number of furan rings is 1. The van der Waals surface area contributed by atoms with Gasteiger partial charge >= 0.3 is 6.03 Å². The van der Waals surface area contributed by atoms with Crippen molar-refractivity contribution in [3.63, 3.8) is 0 Å². The summed E-state index contributed by atoms with van der Waals surface area (Å²) in [6, 6.07) is 9.59. The highest BCUT2D eigenvalue weighted by atomic mass is 127. The van der Waals surface area contributed by atoms with E-state index in [0.717, 1.165) is 8.47 Å². The molecule has 1 atom stereocenters. The van der Waals surface area contributed by atoms with Gasteiger partial charge in [-0.05, 0) is 53.8 Å². The van der Waals surface area contributed by atoms with E-state index >= 15 is 0 Å². The van der Waals surface area contributed by atoms with Crippen LogP contribution in [-0.2, 0) is 10.3 Å². The average Bonchev–Trinajstić information content (AvgIpc) is 3.12. The van der Waals surface area contributed by atoms with Crippen LogP contribution in [0.5, 0.6) is 0 Å². The van der Waals surface area contributed by atoms with E-state index in [4.69, 9.17) is 4.42 Å². The predicted molar refractivity (Wildman–Crippen MR) is 89.8 cm³/mol. The SMILES string of the molecule is CC1(c2ccco2)NC(=O)N(CC(=O)c2ccc(I)cc2)C1=O. The Hall–Kier alpha value is -2.16. The number of imide groups is 1. The normalized spacial score (nSPS) is 20.7. The Labute approximate surface area is 146 Å². The summed E-state index contributed by atoms with van der Waals surface area (Å²) in [6.45, 7) is 1.25. The molecule has 2 aromatic rings. The van der Waals surface area contributed by atoms with Crippen molar-refractivity contribution in [2.24, 2.45) is 0 Å². The molecule has 1 unspecified atom stereocenters. The molecule has 23 heavy (non-hydrogen) atoms. The van der Waals surface area contributed by atoms with Crippen LogP contribution in [0, 0.1) is 3.57 Å². The highest BCUT2D eigenvalue weighted by Gasteiger charge is 2.51. The van der Waals surface area contributed by atoms with Crippen molar-refractivity contribution in [1.82, 2.24) is 10.2 Å². The number of nitrogens with zero attached hydrogens (tertiary/aromatic N) is 1. The summed E-state index contributed by atoms with van der Waals surface area (Å²) < 4.78 is 6.24. The molecule has 1 aliphatic rings. The van der Waals surface area contributed by atoms with E-state index in [9.17, 15) is 14.4 Å². The van der Waals surface area contributed by atoms with Crippen LogP contribution < -0.4 is 5.32 Å². The van der Waals surface area contributed by atoms with Crippen molar-refractivity contribution in [2.75, 3.05) is 6.54 Å². The minimum atomic E-state index is -1.28. The third-order valence-electron chi connectivity index (χ3n) is 3.76. The molecule has 0 aliphatic carbocycles. The Morgan fingerprint density at radius 1 is 1.26 bits per heavy atom. The van der Waals surface area contributed by atoms with Crippen LogP contribution >= 0.6 is 22.6 Å². The van der Waals surface area contributed by atoms with E-state index in [2.05, 4.69) is 27.9 Å². The fourth-order valence-corrected chi connectivity index (χ4v) is 2.80. The molecule has 0 spiro atoms. The van der Waals surface area contributed by atoms with Gasteiger partial charge in [-0.3, -0.25) is 14.5 Å². The summed E-state index contributed by atoms with van der Waals surface area (Å²) in [4.78, 5) is 37.9. The van der Waals surface area contributed by atoms with Crippen LogP contribution in [0.15, 0.2) is 47.1 Å². The largest absolute Gasteiger partial charge is 0.466 e. The lowest BCUT2D eigenvalue weighted by molar-refractivity contribution is -0.131. The zero-order valence-electron chi connectivity index (χ0n) is 12.2. The molecule has 1 N–H and O–H groups in total. The summed E-state index contributed by atoms with van der Waals surface area (Å²) in [5.74, 6) is -0.468. The molecular weight excluding hydrogens is 411 g/mol. The summed E-state index contributed by atoms with van der Waals surface area (Å²) in [6.07, 6.45) is 1.43. The molecule has 1 saturated heterocycles. The molecule has 1 fully saturated rings. The van der Waals surface area contributed by atoms with Gasteiger partial charge in [0.1, 0.15) is 5.76 Å². The van der Waals surface area contributed by atoms with Gasteiger partial charge < -0.3 is 9.73 Å². The number of ketones is 1. The molecule has 1 aromatic carbocycles. The molecule has 0 saturated carbocycles. The molecule has 0 bridgehead atoms. The quantitative estimate of drug-likeness (QED) is 0.465. The van der Waals surface area contributed by atoms with Gasteiger partial charge in [0.2, 0.25) is 0 Å². The van der Waals surface area contributed by atoms with Gasteiger partial charge in [-0.1, -0.05) is 12.1 Å². The number of amides is 3. The first-order valence-electron chi connectivity index (χ1n) is 6.88. The van der Waals surface area contributed by atoms with E-state index in [1.54, 1.807) is 43.3 Å². The molecule has 118 valence electrons. The number of halogens is 1. The average molecular weight is 424 g/mol.